The summed E-state index contributed by atoms with van der Waals surface area (Å²) in [6.07, 6.45) is -2.12. The zero-order valence-electron chi connectivity index (χ0n) is 10.5. The average Bonchev–Trinajstić information content (AvgIpc) is 2.31. The van der Waals surface area contributed by atoms with Crippen LogP contribution in [0.25, 0.3) is 0 Å². The molecule has 0 aliphatic rings. The molecule has 2 N–H and O–H groups in total. The van der Waals surface area contributed by atoms with Crippen molar-refractivity contribution in [2.45, 2.75) is 19.1 Å². The van der Waals surface area contributed by atoms with Gasteiger partial charge in [-0.3, -0.25) is 0 Å². The molecule has 0 heterocycles. The number of rotatable bonds is 6. The highest BCUT2D eigenvalue weighted by atomic mass is 35.5. The van der Waals surface area contributed by atoms with Gasteiger partial charge >= 0.3 is 6.09 Å². The second-order valence-electron chi connectivity index (χ2n) is 3.87. The third-order valence-corrected chi connectivity index (χ3v) is 2.78. The fraction of sp³-hybridized carbons (Fsp3) is 0.417. The Balaban J connectivity index is 3.04. The highest BCUT2D eigenvalue weighted by molar-refractivity contribution is 6.31. The van der Waals surface area contributed by atoms with Crippen molar-refractivity contribution in [3.8, 4) is 0 Å². The van der Waals surface area contributed by atoms with E-state index in [9.17, 15) is 9.18 Å². The minimum absolute atomic E-state index is 0.0995. The van der Waals surface area contributed by atoms with Crippen LogP contribution in [0.4, 0.5) is 9.18 Å². The number of hydrogen-bond donors (Lipinski definition) is 2. The number of halogens is 2. The van der Waals surface area contributed by atoms with Crippen LogP contribution in [0.15, 0.2) is 18.2 Å². The zero-order chi connectivity index (χ0) is 14.4. The molecule has 1 amide bonds. The molecular weight excluding hydrogens is 277 g/mol. The van der Waals surface area contributed by atoms with Crippen LogP contribution in [0, 0.1) is 5.82 Å². The Bertz CT molecular complexity index is 423. The molecular formula is C12H15ClFNO4. The number of carboxylic acid groups (broad SMARTS) is 1. The molecule has 0 aromatic heterocycles. The molecule has 0 bridgehead atoms. The first kappa shape index (κ1) is 15.7. The van der Waals surface area contributed by atoms with E-state index >= 15 is 0 Å². The first-order valence-electron chi connectivity index (χ1n) is 5.51. The molecule has 0 spiro atoms. The van der Waals surface area contributed by atoms with Crippen molar-refractivity contribution in [1.82, 2.24) is 5.32 Å². The van der Waals surface area contributed by atoms with Gasteiger partial charge in [0.05, 0.1) is 6.04 Å². The lowest BCUT2D eigenvalue weighted by atomic mass is 10.0. The van der Waals surface area contributed by atoms with E-state index < -0.39 is 24.1 Å². The molecule has 0 saturated carbocycles. The number of hydrogen-bond acceptors (Lipinski definition) is 3. The molecule has 19 heavy (non-hydrogen) atoms. The molecule has 0 aliphatic carbocycles. The van der Waals surface area contributed by atoms with Gasteiger partial charge in [-0.2, -0.15) is 0 Å². The maximum absolute atomic E-state index is 13.8. The predicted molar refractivity (Wildman–Crippen MR) is 67.7 cm³/mol. The van der Waals surface area contributed by atoms with Gasteiger partial charge in [-0.25, -0.2) is 9.18 Å². The van der Waals surface area contributed by atoms with E-state index in [4.69, 9.17) is 26.2 Å². The Labute approximate surface area is 115 Å². The third kappa shape index (κ3) is 4.34. The van der Waals surface area contributed by atoms with Crippen LogP contribution in [0.5, 0.6) is 0 Å². The Morgan fingerprint density at radius 3 is 2.79 bits per heavy atom. The Hall–Kier alpha value is -1.37. The van der Waals surface area contributed by atoms with E-state index in [0.29, 0.717) is 0 Å². The fourth-order valence-corrected chi connectivity index (χ4v) is 1.94. The summed E-state index contributed by atoms with van der Waals surface area (Å²) >= 11 is 5.95. The van der Waals surface area contributed by atoms with Crippen molar-refractivity contribution in [2.24, 2.45) is 0 Å². The van der Waals surface area contributed by atoms with Crippen LogP contribution in [0.3, 0.4) is 0 Å². The smallest absolute Gasteiger partial charge is 0.404 e. The molecule has 0 saturated heterocycles. The van der Waals surface area contributed by atoms with Gasteiger partial charge in [-0.15, -0.1) is 0 Å². The van der Waals surface area contributed by atoms with Gasteiger partial charge in [0.2, 0.25) is 0 Å². The highest BCUT2D eigenvalue weighted by Crippen LogP contribution is 2.30. The Kier molecular flexibility index (Phi) is 6.01. The zero-order valence-corrected chi connectivity index (χ0v) is 11.3. The number of amides is 1. The van der Waals surface area contributed by atoms with E-state index in [0.717, 1.165) is 0 Å². The second kappa shape index (κ2) is 7.28. The van der Waals surface area contributed by atoms with E-state index in [2.05, 4.69) is 5.32 Å². The highest BCUT2D eigenvalue weighted by Gasteiger charge is 2.26. The summed E-state index contributed by atoms with van der Waals surface area (Å²) in [6.45, 7) is 1.44. The van der Waals surface area contributed by atoms with Crippen molar-refractivity contribution >= 4 is 17.7 Å². The lowest BCUT2D eigenvalue weighted by Crippen LogP contribution is -2.37. The largest absolute Gasteiger partial charge is 0.465 e. The molecule has 2 atom stereocenters. The molecule has 0 radical (unpaired) electrons. The molecule has 1 aromatic rings. The molecule has 0 aliphatic heterocycles. The van der Waals surface area contributed by atoms with Crippen LogP contribution in [-0.4, -0.2) is 31.1 Å². The van der Waals surface area contributed by atoms with Crippen molar-refractivity contribution in [3.63, 3.8) is 0 Å². The van der Waals surface area contributed by atoms with Crippen LogP contribution < -0.4 is 5.32 Å². The summed E-state index contributed by atoms with van der Waals surface area (Å²) in [6, 6.07) is 3.51. The van der Waals surface area contributed by atoms with Crippen LogP contribution in [0.2, 0.25) is 5.02 Å². The Morgan fingerprint density at radius 2 is 2.26 bits per heavy atom. The summed E-state index contributed by atoms with van der Waals surface area (Å²) < 4.78 is 23.9. The molecule has 1 aromatic carbocycles. The number of benzene rings is 1. The molecule has 0 unspecified atom stereocenters. The molecule has 0 fully saturated rings. The summed E-state index contributed by atoms with van der Waals surface area (Å²) in [5.74, 6) is -0.562. The van der Waals surface area contributed by atoms with Gasteiger partial charge < -0.3 is 19.9 Å². The lowest BCUT2D eigenvalue weighted by Gasteiger charge is -2.25. The first-order valence-corrected chi connectivity index (χ1v) is 5.89. The van der Waals surface area contributed by atoms with Crippen molar-refractivity contribution in [1.29, 1.82) is 0 Å². The van der Waals surface area contributed by atoms with Crippen molar-refractivity contribution < 1.29 is 23.8 Å². The van der Waals surface area contributed by atoms with Gasteiger partial charge in [0.25, 0.3) is 0 Å². The maximum atomic E-state index is 13.8. The fourth-order valence-electron chi connectivity index (χ4n) is 1.67. The quantitative estimate of drug-likeness (QED) is 0.791. The molecule has 5 nitrogen and oxygen atoms in total. The molecule has 106 valence electrons. The van der Waals surface area contributed by atoms with E-state index in [1.807, 2.05) is 0 Å². The maximum Gasteiger partial charge on any atom is 0.404 e. The van der Waals surface area contributed by atoms with E-state index in [-0.39, 0.29) is 17.4 Å². The van der Waals surface area contributed by atoms with Gasteiger partial charge in [-0.05, 0) is 19.1 Å². The SMILES string of the molecule is COCO[C@@H](c1c(F)cccc1Cl)[C@H](C)NC(=O)O. The minimum Gasteiger partial charge on any atom is -0.465 e. The van der Waals surface area contributed by atoms with Crippen LogP contribution in [0.1, 0.15) is 18.6 Å². The summed E-state index contributed by atoms with van der Waals surface area (Å²) in [5.41, 5.74) is 0.0995. The standard InChI is InChI=1S/C12H15ClFNO4/c1-7(15-12(16)17)11(19-6-18-2)10-8(13)4-3-5-9(10)14/h3-5,7,11,15H,6H2,1-2H3,(H,16,17)/t7-,11+/m0/s1. The van der Waals surface area contributed by atoms with Crippen LogP contribution >= 0.6 is 11.6 Å². The third-order valence-electron chi connectivity index (χ3n) is 2.45. The summed E-state index contributed by atoms with van der Waals surface area (Å²) in [7, 11) is 1.41. The number of methoxy groups -OCH3 is 1. The second-order valence-corrected chi connectivity index (χ2v) is 4.27. The van der Waals surface area contributed by atoms with Gasteiger partial charge in [0, 0.05) is 17.7 Å². The van der Waals surface area contributed by atoms with Gasteiger partial charge in [0.15, 0.2) is 0 Å². The lowest BCUT2D eigenvalue weighted by molar-refractivity contribution is -0.0836. The molecule has 7 heteroatoms. The van der Waals surface area contributed by atoms with Crippen molar-refractivity contribution in [3.05, 3.63) is 34.6 Å². The van der Waals surface area contributed by atoms with E-state index in [1.165, 1.54) is 25.3 Å². The van der Waals surface area contributed by atoms with Gasteiger partial charge in [-0.1, -0.05) is 17.7 Å². The average molecular weight is 292 g/mol. The minimum atomic E-state index is -1.23. The summed E-state index contributed by atoms with van der Waals surface area (Å²) in [5, 5.41) is 11.1. The Morgan fingerprint density at radius 1 is 1.58 bits per heavy atom. The predicted octanol–water partition coefficient (Wildman–Crippen LogP) is 2.80. The normalized spacial score (nSPS) is 13.9. The van der Waals surface area contributed by atoms with Gasteiger partial charge in [0.1, 0.15) is 18.7 Å². The number of nitrogens with one attached hydrogen (secondary N) is 1. The topological polar surface area (TPSA) is 67.8 Å². The van der Waals surface area contributed by atoms with Crippen LogP contribution in [-0.2, 0) is 9.47 Å². The number of ether oxygens (including phenoxy) is 2. The summed E-state index contributed by atoms with van der Waals surface area (Å²) in [4.78, 5) is 10.7. The number of carbonyl (C=O) groups is 1. The van der Waals surface area contributed by atoms with Crippen molar-refractivity contribution in [2.75, 3.05) is 13.9 Å². The molecule has 1 rings (SSSR count). The first-order chi connectivity index (χ1) is 8.97. The van der Waals surface area contributed by atoms with E-state index in [1.54, 1.807) is 6.92 Å². The monoisotopic (exact) mass is 291 g/mol.